The summed E-state index contributed by atoms with van der Waals surface area (Å²) in [5.41, 5.74) is 1.70. The van der Waals surface area contributed by atoms with Crippen molar-refractivity contribution in [3.63, 3.8) is 0 Å². The number of rotatable bonds is 6. The van der Waals surface area contributed by atoms with Crippen molar-refractivity contribution in [3.8, 4) is 5.69 Å². The van der Waals surface area contributed by atoms with E-state index >= 15 is 0 Å². The first-order valence-electron chi connectivity index (χ1n) is 10.8. The van der Waals surface area contributed by atoms with E-state index < -0.39 is 16.3 Å². The minimum Gasteiger partial charge on any atom is -0.371 e. The van der Waals surface area contributed by atoms with Gasteiger partial charge in [-0.15, -0.1) is 0 Å². The second kappa shape index (κ2) is 9.23. The van der Waals surface area contributed by atoms with Gasteiger partial charge in [-0.2, -0.15) is 5.10 Å². The van der Waals surface area contributed by atoms with E-state index in [0.717, 1.165) is 37.2 Å². The molecule has 2 aromatic carbocycles. The maximum Gasteiger partial charge on any atom is 0.294 e. The molecule has 0 saturated carbocycles. The van der Waals surface area contributed by atoms with Crippen LogP contribution in [0.25, 0.3) is 5.69 Å². The fourth-order valence-corrected chi connectivity index (χ4v) is 4.16. The van der Waals surface area contributed by atoms with Crippen LogP contribution in [0.4, 0.5) is 11.4 Å². The molecule has 9 nitrogen and oxygen atoms in total. The molecule has 9 heteroatoms. The smallest absolute Gasteiger partial charge is 0.294 e. The highest BCUT2D eigenvalue weighted by Crippen LogP contribution is 2.26. The van der Waals surface area contributed by atoms with Gasteiger partial charge in [-0.1, -0.05) is 30.3 Å². The lowest BCUT2D eigenvalue weighted by molar-refractivity contribution is -0.384. The molecule has 1 aliphatic rings. The minimum atomic E-state index is -0.538. The number of aromatic nitrogens is 2. The summed E-state index contributed by atoms with van der Waals surface area (Å²) >= 11 is 0. The van der Waals surface area contributed by atoms with Crippen LogP contribution in [0.3, 0.4) is 0 Å². The largest absolute Gasteiger partial charge is 0.371 e. The Balaban J connectivity index is 1.67. The Morgan fingerprint density at radius 1 is 1.09 bits per heavy atom. The zero-order valence-electron chi connectivity index (χ0n) is 18.6. The van der Waals surface area contributed by atoms with Crippen LogP contribution in [0.15, 0.2) is 59.4 Å². The standard InChI is InChI=1S/C24H25N5O4/c1-17-15-22(30)23(25-28(17)20-11-5-6-12-21(20)29(32)33)24(31)26(2)16-18-9-3-4-10-19(18)27-13-7-8-14-27/h3-6,9-12,15H,7-8,13-14,16H2,1-2H3. The van der Waals surface area contributed by atoms with Gasteiger partial charge >= 0.3 is 0 Å². The van der Waals surface area contributed by atoms with Gasteiger partial charge in [-0.25, -0.2) is 4.68 Å². The van der Waals surface area contributed by atoms with Crippen LogP contribution in [-0.4, -0.2) is 45.6 Å². The van der Waals surface area contributed by atoms with Crippen molar-refractivity contribution >= 4 is 17.3 Å². The molecule has 1 aliphatic heterocycles. The highest BCUT2D eigenvalue weighted by Gasteiger charge is 2.23. The average molecular weight is 447 g/mol. The zero-order chi connectivity index (χ0) is 23.5. The van der Waals surface area contributed by atoms with Crippen LogP contribution >= 0.6 is 0 Å². The fourth-order valence-electron chi connectivity index (χ4n) is 4.16. The summed E-state index contributed by atoms with van der Waals surface area (Å²) in [6.45, 7) is 3.89. The summed E-state index contributed by atoms with van der Waals surface area (Å²) in [4.78, 5) is 40.6. The number of carbonyl (C=O) groups is 1. The number of aryl methyl sites for hydroxylation is 1. The van der Waals surface area contributed by atoms with Gasteiger partial charge in [0.15, 0.2) is 5.69 Å². The number of benzene rings is 2. The maximum atomic E-state index is 13.2. The normalized spacial score (nSPS) is 13.2. The molecule has 170 valence electrons. The molecule has 1 fully saturated rings. The van der Waals surface area contributed by atoms with Gasteiger partial charge in [-0.05, 0) is 37.5 Å². The molecule has 1 amide bonds. The molecule has 0 radical (unpaired) electrons. The van der Waals surface area contributed by atoms with Crippen LogP contribution in [0.2, 0.25) is 0 Å². The molecule has 2 heterocycles. The summed E-state index contributed by atoms with van der Waals surface area (Å²) < 4.78 is 1.28. The van der Waals surface area contributed by atoms with Crippen LogP contribution in [0.5, 0.6) is 0 Å². The lowest BCUT2D eigenvalue weighted by Gasteiger charge is -2.24. The predicted molar refractivity (Wildman–Crippen MR) is 125 cm³/mol. The van der Waals surface area contributed by atoms with Crippen molar-refractivity contribution in [2.75, 3.05) is 25.0 Å². The number of amides is 1. The second-order valence-corrected chi connectivity index (χ2v) is 8.14. The third-order valence-electron chi connectivity index (χ3n) is 5.81. The van der Waals surface area contributed by atoms with E-state index in [0.29, 0.717) is 12.2 Å². The van der Waals surface area contributed by atoms with Crippen LogP contribution in [-0.2, 0) is 6.54 Å². The summed E-state index contributed by atoms with van der Waals surface area (Å²) in [6, 6.07) is 15.3. The van der Waals surface area contributed by atoms with Crippen LogP contribution in [0.1, 0.15) is 34.6 Å². The average Bonchev–Trinajstić information content (AvgIpc) is 3.34. The van der Waals surface area contributed by atoms with Gasteiger partial charge in [0.1, 0.15) is 5.69 Å². The number of nitro benzene ring substituents is 1. The quantitative estimate of drug-likeness (QED) is 0.424. The van der Waals surface area contributed by atoms with Crippen molar-refractivity contribution in [1.29, 1.82) is 0 Å². The second-order valence-electron chi connectivity index (χ2n) is 8.14. The van der Waals surface area contributed by atoms with Crippen molar-refractivity contribution in [2.24, 2.45) is 0 Å². The monoisotopic (exact) mass is 447 g/mol. The van der Waals surface area contributed by atoms with Gasteiger partial charge in [0.05, 0.1) is 4.92 Å². The number of nitro groups is 1. The van der Waals surface area contributed by atoms with Crippen LogP contribution in [0, 0.1) is 17.0 Å². The minimum absolute atomic E-state index is 0.164. The third kappa shape index (κ3) is 4.48. The first-order chi connectivity index (χ1) is 15.9. The Bertz CT molecular complexity index is 1260. The number of para-hydroxylation sites is 3. The van der Waals surface area contributed by atoms with E-state index in [9.17, 15) is 19.7 Å². The number of anilines is 1. The molecule has 0 aliphatic carbocycles. The van der Waals surface area contributed by atoms with Gasteiger partial charge < -0.3 is 9.80 Å². The molecule has 1 aromatic heterocycles. The predicted octanol–water partition coefficient (Wildman–Crippen LogP) is 3.32. The Kier molecular flexibility index (Phi) is 6.21. The van der Waals surface area contributed by atoms with Crippen molar-refractivity contribution < 1.29 is 9.72 Å². The lowest BCUT2D eigenvalue weighted by Crippen LogP contribution is -2.34. The first kappa shape index (κ1) is 22.2. The van der Waals surface area contributed by atoms with Gasteiger partial charge in [0.25, 0.3) is 11.6 Å². The van der Waals surface area contributed by atoms with Crippen molar-refractivity contribution in [1.82, 2.24) is 14.7 Å². The third-order valence-corrected chi connectivity index (χ3v) is 5.81. The highest BCUT2D eigenvalue weighted by atomic mass is 16.6. The van der Waals surface area contributed by atoms with E-state index in [1.807, 2.05) is 24.3 Å². The van der Waals surface area contributed by atoms with Gasteiger partial charge in [0.2, 0.25) is 5.43 Å². The summed E-state index contributed by atoms with van der Waals surface area (Å²) in [5.74, 6) is -0.538. The number of hydrogen-bond donors (Lipinski definition) is 0. The fraction of sp³-hybridized carbons (Fsp3) is 0.292. The molecule has 0 spiro atoms. The molecule has 0 N–H and O–H groups in total. The van der Waals surface area contributed by atoms with E-state index in [-0.39, 0.29) is 17.1 Å². The van der Waals surface area contributed by atoms with Crippen LogP contribution < -0.4 is 10.3 Å². The summed E-state index contributed by atoms with van der Waals surface area (Å²) in [6.07, 6.45) is 2.28. The molecule has 0 bridgehead atoms. The highest BCUT2D eigenvalue weighted by molar-refractivity contribution is 5.92. The summed E-state index contributed by atoms with van der Waals surface area (Å²) in [5, 5.41) is 15.7. The number of carbonyl (C=O) groups excluding carboxylic acids is 1. The van der Waals surface area contributed by atoms with Gasteiger partial charge in [-0.3, -0.25) is 19.7 Å². The van der Waals surface area contributed by atoms with Crippen molar-refractivity contribution in [2.45, 2.75) is 26.3 Å². The van der Waals surface area contributed by atoms with Crippen molar-refractivity contribution in [3.05, 3.63) is 91.9 Å². The SMILES string of the molecule is Cc1cc(=O)c(C(=O)N(C)Cc2ccccc2N2CCCC2)nn1-c1ccccc1[N+](=O)[O-]. The Morgan fingerprint density at radius 2 is 1.73 bits per heavy atom. The molecular formula is C24H25N5O4. The molecule has 4 rings (SSSR count). The number of hydrogen-bond acceptors (Lipinski definition) is 6. The molecule has 1 saturated heterocycles. The molecule has 0 unspecified atom stereocenters. The van der Waals surface area contributed by atoms with E-state index in [1.54, 1.807) is 26.1 Å². The molecule has 0 atom stereocenters. The molecule has 3 aromatic rings. The Labute approximate surface area is 191 Å². The van der Waals surface area contributed by atoms with E-state index in [1.165, 1.54) is 27.8 Å². The first-order valence-corrected chi connectivity index (χ1v) is 10.8. The maximum absolute atomic E-state index is 13.2. The molecular weight excluding hydrogens is 422 g/mol. The zero-order valence-corrected chi connectivity index (χ0v) is 18.6. The molecule has 33 heavy (non-hydrogen) atoms. The number of nitrogens with zero attached hydrogens (tertiary/aromatic N) is 5. The Hall–Kier alpha value is -4.01. The lowest BCUT2D eigenvalue weighted by atomic mass is 10.1. The van der Waals surface area contributed by atoms with E-state index in [4.69, 9.17) is 0 Å². The topological polar surface area (TPSA) is 102 Å². The van der Waals surface area contributed by atoms with Gasteiger partial charge in [0, 0.05) is 50.2 Å². The summed E-state index contributed by atoms with van der Waals surface area (Å²) in [7, 11) is 1.62. The van der Waals surface area contributed by atoms with E-state index in [2.05, 4.69) is 10.00 Å². The Morgan fingerprint density at radius 3 is 2.42 bits per heavy atom.